The number of hydrogen-bond donors (Lipinski definition) is 4. The third-order valence-corrected chi connectivity index (χ3v) is 3.64. The number of amides is 1. The molecule has 0 saturated carbocycles. The van der Waals surface area contributed by atoms with E-state index in [0.717, 1.165) is 0 Å². The maximum absolute atomic E-state index is 11.4. The minimum absolute atomic E-state index is 0.00935. The number of nitrogens with two attached hydrogens (primary N) is 3. The number of hydrogen-bond acceptors (Lipinski definition) is 5. The van der Waals surface area contributed by atoms with Gasteiger partial charge < -0.3 is 16.8 Å². The Balaban J connectivity index is 2.90. The molecule has 0 spiro atoms. The number of rotatable bonds is 6. The lowest BCUT2D eigenvalue weighted by molar-refractivity contribution is -0.118. The van der Waals surface area contributed by atoms with Crippen LogP contribution in [0.1, 0.15) is 18.4 Å². The van der Waals surface area contributed by atoms with E-state index in [1.165, 1.54) is 6.07 Å². The molecule has 0 atom stereocenters. The first-order valence-electron chi connectivity index (χ1n) is 5.67. The van der Waals surface area contributed by atoms with Crippen molar-refractivity contribution in [2.75, 3.05) is 17.6 Å². The Morgan fingerprint density at radius 2 is 2.00 bits per heavy atom. The van der Waals surface area contributed by atoms with E-state index in [9.17, 15) is 13.2 Å². The van der Waals surface area contributed by atoms with Crippen molar-refractivity contribution in [3.63, 3.8) is 0 Å². The van der Waals surface area contributed by atoms with Crippen LogP contribution in [-0.2, 0) is 14.8 Å². The summed E-state index contributed by atoms with van der Waals surface area (Å²) in [5.74, 6) is -0.378. The van der Waals surface area contributed by atoms with Crippen molar-refractivity contribution in [1.29, 1.82) is 0 Å². The summed E-state index contributed by atoms with van der Waals surface area (Å²) in [6.07, 6.45) is 0.810. The number of nitrogen functional groups attached to an aromatic ring is 1. The Bertz CT molecular complexity index is 584. The Morgan fingerprint density at radius 1 is 1.37 bits per heavy atom. The predicted octanol–water partition coefficient (Wildman–Crippen LogP) is -0.0980. The number of anilines is 2. The minimum Gasteiger partial charge on any atom is -0.399 e. The van der Waals surface area contributed by atoms with Gasteiger partial charge in [-0.15, -0.1) is 0 Å². The van der Waals surface area contributed by atoms with Crippen LogP contribution in [0.5, 0.6) is 0 Å². The van der Waals surface area contributed by atoms with Gasteiger partial charge in [0.25, 0.3) is 0 Å². The van der Waals surface area contributed by atoms with E-state index in [2.05, 4.69) is 5.32 Å². The SMILES string of the molecule is Cc1c(NCCCC(N)=O)cc(N)cc1S(N)(=O)=O. The van der Waals surface area contributed by atoms with Crippen LogP contribution in [0.4, 0.5) is 11.4 Å². The Hall–Kier alpha value is -1.80. The number of primary amides is 1. The van der Waals surface area contributed by atoms with Gasteiger partial charge in [-0.2, -0.15) is 0 Å². The molecule has 0 unspecified atom stereocenters. The van der Waals surface area contributed by atoms with Crippen molar-refractivity contribution < 1.29 is 13.2 Å². The van der Waals surface area contributed by atoms with Gasteiger partial charge in [-0.25, -0.2) is 13.6 Å². The summed E-state index contributed by atoms with van der Waals surface area (Å²) >= 11 is 0. The van der Waals surface area contributed by atoms with Crippen LogP contribution in [0.2, 0.25) is 0 Å². The molecule has 0 radical (unpaired) electrons. The van der Waals surface area contributed by atoms with Gasteiger partial charge in [-0.1, -0.05) is 0 Å². The molecule has 106 valence electrons. The number of carbonyl (C=O) groups is 1. The molecule has 19 heavy (non-hydrogen) atoms. The maximum Gasteiger partial charge on any atom is 0.238 e. The van der Waals surface area contributed by atoms with Crippen LogP contribution < -0.4 is 21.9 Å². The molecule has 0 fully saturated rings. The summed E-state index contributed by atoms with van der Waals surface area (Å²) in [4.78, 5) is 10.6. The van der Waals surface area contributed by atoms with Crippen molar-refractivity contribution in [3.05, 3.63) is 17.7 Å². The molecule has 0 aromatic heterocycles. The van der Waals surface area contributed by atoms with Gasteiger partial charge in [-0.05, 0) is 31.0 Å². The van der Waals surface area contributed by atoms with Gasteiger partial charge in [0.05, 0.1) is 4.90 Å². The van der Waals surface area contributed by atoms with Crippen molar-refractivity contribution in [2.24, 2.45) is 10.9 Å². The summed E-state index contributed by atoms with van der Waals surface area (Å²) in [6.45, 7) is 2.12. The molecule has 0 aliphatic heterocycles. The number of benzene rings is 1. The Kier molecular flexibility index (Phi) is 4.73. The quantitative estimate of drug-likeness (QED) is 0.427. The molecule has 0 heterocycles. The zero-order valence-corrected chi connectivity index (χ0v) is 11.5. The third kappa shape index (κ3) is 4.42. The van der Waals surface area contributed by atoms with Gasteiger partial charge in [0.15, 0.2) is 0 Å². The Labute approximate surface area is 112 Å². The molecule has 1 rings (SSSR count). The second kappa shape index (κ2) is 5.89. The van der Waals surface area contributed by atoms with E-state index in [4.69, 9.17) is 16.6 Å². The topological polar surface area (TPSA) is 141 Å². The summed E-state index contributed by atoms with van der Waals surface area (Å²) in [5.41, 5.74) is 12.0. The highest BCUT2D eigenvalue weighted by Crippen LogP contribution is 2.25. The molecule has 1 amide bonds. The van der Waals surface area contributed by atoms with E-state index in [1.54, 1.807) is 13.0 Å². The van der Waals surface area contributed by atoms with E-state index >= 15 is 0 Å². The van der Waals surface area contributed by atoms with E-state index in [0.29, 0.717) is 29.9 Å². The number of carbonyl (C=O) groups excluding carboxylic acids is 1. The van der Waals surface area contributed by atoms with E-state index < -0.39 is 10.0 Å². The van der Waals surface area contributed by atoms with Gasteiger partial charge in [0, 0.05) is 24.3 Å². The van der Waals surface area contributed by atoms with Crippen LogP contribution in [0.3, 0.4) is 0 Å². The second-order valence-electron chi connectivity index (χ2n) is 4.23. The van der Waals surface area contributed by atoms with E-state index in [1.807, 2.05) is 0 Å². The minimum atomic E-state index is -3.82. The fourth-order valence-electron chi connectivity index (χ4n) is 1.67. The predicted molar refractivity (Wildman–Crippen MR) is 73.9 cm³/mol. The summed E-state index contributed by atoms with van der Waals surface area (Å²) < 4.78 is 22.8. The van der Waals surface area contributed by atoms with Crippen molar-refractivity contribution in [2.45, 2.75) is 24.7 Å². The average Bonchev–Trinajstić information content (AvgIpc) is 2.26. The van der Waals surface area contributed by atoms with Crippen molar-refractivity contribution >= 4 is 27.3 Å². The molecule has 0 saturated heterocycles. The smallest absolute Gasteiger partial charge is 0.238 e. The summed E-state index contributed by atoms with van der Waals surface area (Å²) in [6, 6.07) is 2.94. The highest BCUT2D eigenvalue weighted by atomic mass is 32.2. The molecule has 1 aromatic rings. The lowest BCUT2D eigenvalue weighted by Crippen LogP contribution is -2.16. The number of nitrogens with one attached hydrogen (secondary N) is 1. The Morgan fingerprint density at radius 3 is 2.53 bits per heavy atom. The average molecular weight is 286 g/mol. The number of sulfonamides is 1. The first-order chi connectivity index (χ1) is 8.71. The zero-order valence-electron chi connectivity index (χ0n) is 10.6. The second-order valence-corrected chi connectivity index (χ2v) is 5.76. The highest BCUT2D eigenvalue weighted by molar-refractivity contribution is 7.89. The molecule has 0 aliphatic carbocycles. The molecular weight excluding hydrogens is 268 g/mol. The highest BCUT2D eigenvalue weighted by Gasteiger charge is 2.15. The van der Waals surface area contributed by atoms with Gasteiger partial charge in [-0.3, -0.25) is 4.79 Å². The molecule has 8 heteroatoms. The van der Waals surface area contributed by atoms with Crippen LogP contribution in [-0.4, -0.2) is 20.9 Å². The normalized spacial score (nSPS) is 11.3. The monoisotopic (exact) mass is 286 g/mol. The largest absolute Gasteiger partial charge is 0.399 e. The van der Waals surface area contributed by atoms with Gasteiger partial charge >= 0.3 is 0 Å². The first-order valence-corrected chi connectivity index (χ1v) is 7.21. The molecule has 0 bridgehead atoms. The fourth-order valence-corrected chi connectivity index (χ4v) is 2.51. The fraction of sp³-hybridized carbons (Fsp3) is 0.364. The van der Waals surface area contributed by atoms with Crippen LogP contribution in [0, 0.1) is 6.92 Å². The number of primary sulfonamides is 1. The molecule has 7 N–H and O–H groups in total. The molecular formula is C11H18N4O3S. The molecule has 0 aliphatic rings. The standard InChI is InChI=1S/C11H18N4O3S/c1-7-9(15-4-2-3-11(13)16)5-8(12)6-10(7)19(14,17)18/h5-6,15H,2-4,12H2,1H3,(H2,13,16)(H2,14,17,18). The lowest BCUT2D eigenvalue weighted by Gasteiger charge is -2.13. The van der Waals surface area contributed by atoms with E-state index in [-0.39, 0.29) is 17.2 Å². The third-order valence-electron chi connectivity index (χ3n) is 2.60. The van der Waals surface area contributed by atoms with Crippen LogP contribution in [0.25, 0.3) is 0 Å². The molecule has 7 nitrogen and oxygen atoms in total. The van der Waals surface area contributed by atoms with Crippen LogP contribution in [0.15, 0.2) is 17.0 Å². The van der Waals surface area contributed by atoms with Gasteiger partial charge in [0.2, 0.25) is 15.9 Å². The van der Waals surface area contributed by atoms with Gasteiger partial charge in [0.1, 0.15) is 0 Å². The maximum atomic E-state index is 11.4. The zero-order chi connectivity index (χ0) is 14.6. The lowest BCUT2D eigenvalue weighted by atomic mass is 10.1. The van der Waals surface area contributed by atoms with Crippen molar-refractivity contribution in [1.82, 2.24) is 0 Å². The van der Waals surface area contributed by atoms with Crippen molar-refractivity contribution in [3.8, 4) is 0 Å². The first kappa shape index (κ1) is 15.3. The summed E-state index contributed by atoms with van der Waals surface area (Å²) in [5, 5.41) is 8.13. The summed E-state index contributed by atoms with van der Waals surface area (Å²) in [7, 11) is -3.82. The van der Waals surface area contributed by atoms with Crippen LogP contribution >= 0.6 is 0 Å². The molecule has 1 aromatic carbocycles.